The molecule has 0 atom stereocenters. The summed E-state index contributed by atoms with van der Waals surface area (Å²) in [6, 6.07) is 6.93. The molecule has 0 saturated carbocycles. The van der Waals surface area contributed by atoms with Crippen molar-refractivity contribution in [2.24, 2.45) is 0 Å². The molecular weight excluding hydrogens is 342 g/mol. The van der Waals surface area contributed by atoms with Crippen LogP contribution in [-0.2, 0) is 0 Å². The molecule has 2 aromatic rings. The SMILES string of the molecule is OC(O)c1cc(-c2ccc(OCCN3CCCCC3)c(Cl)c2)ncn1. The molecular formula is C18H22ClN3O3. The number of aliphatic hydroxyl groups is 2. The van der Waals surface area contributed by atoms with Gasteiger partial charge in [0.1, 0.15) is 18.7 Å². The first-order chi connectivity index (χ1) is 12.1. The van der Waals surface area contributed by atoms with E-state index in [0.717, 1.165) is 25.2 Å². The zero-order chi connectivity index (χ0) is 17.6. The Morgan fingerprint density at radius 2 is 1.92 bits per heavy atom. The maximum Gasteiger partial charge on any atom is 0.196 e. The summed E-state index contributed by atoms with van der Waals surface area (Å²) in [6.45, 7) is 3.79. The van der Waals surface area contributed by atoms with Gasteiger partial charge in [0.15, 0.2) is 6.29 Å². The van der Waals surface area contributed by atoms with E-state index < -0.39 is 6.29 Å². The Kier molecular flexibility index (Phi) is 6.20. The predicted octanol–water partition coefficient (Wildman–Crippen LogP) is 2.64. The zero-order valence-electron chi connectivity index (χ0n) is 13.9. The molecule has 1 aliphatic rings. The average Bonchev–Trinajstić information content (AvgIpc) is 2.64. The fraction of sp³-hybridized carbons (Fsp3) is 0.444. The van der Waals surface area contributed by atoms with Gasteiger partial charge in [0, 0.05) is 12.1 Å². The number of ether oxygens (including phenoxy) is 1. The fourth-order valence-electron chi connectivity index (χ4n) is 2.92. The Morgan fingerprint density at radius 3 is 2.64 bits per heavy atom. The van der Waals surface area contributed by atoms with Crippen molar-refractivity contribution in [2.45, 2.75) is 25.6 Å². The van der Waals surface area contributed by atoms with Gasteiger partial charge >= 0.3 is 0 Å². The second-order valence-corrected chi connectivity index (χ2v) is 6.50. The number of hydrogen-bond donors (Lipinski definition) is 2. The Hall–Kier alpha value is -1.73. The third-order valence-electron chi connectivity index (χ3n) is 4.29. The second kappa shape index (κ2) is 8.58. The van der Waals surface area contributed by atoms with E-state index in [1.807, 2.05) is 12.1 Å². The van der Waals surface area contributed by atoms with Gasteiger partial charge in [-0.25, -0.2) is 9.97 Å². The smallest absolute Gasteiger partial charge is 0.196 e. The van der Waals surface area contributed by atoms with E-state index in [9.17, 15) is 10.2 Å². The topological polar surface area (TPSA) is 78.7 Å². The molecule has 0 spiro atoms. The lowest BCUT2D eigenvalue weighted by molar-refractivity contribution is -0.0458. The molecule has 2 N–H and O–H groups in total. The van der Waals surface area contributed by atoms with Crippen molar-refractivity contribution in [3.8, 4) is 17.0 Å². The molecule has 0 unspecified atom stereocenters. The summed E-state index contributed by atoms with van der Waals surface area (Å²) in [5.74, 6) is 0.638. The molecule has 2 heterocycles. The van der Waals surface area contributed by atoms with E-state index >= 15 is 0 Å². The highest BCUT2D eigenvalue weighted by Crippen LogP contribution is 2.30. The summed E-state index contributed by atoms with van der Waals surface area (Å²) >= 11 is 6.32. The molecule has 1 aliphatic heterocycles. The van der Waals surface area contributed by atoms with Gasteiger partial charge < -0.3 is 14.9 Å². The van der Waals surface area contributed by atoms with Crippen molar-refractivity contribution in [2.75, 3.05) is 26.2 Å². The summed E-state index contributed by atoms with van der Waals surface area (Å²) in [7, 11) is 0. The lowest BCUT2D eigenvalue weighted by atomic mass is 10.1. The van der Waals surface area contributed by atoms with Gasteiger partial charge in [-0.05, 0) is 50.2 Å². The molecule has 1 fully saturated rings. The number of hydrogen-bond acceptors (Lipinski definition) is 6. The first kappa shape index (κ1) is 18.1. The van der Waals surface area contributed by atoms with Crippen LogP contribution in [-0.4, -0.2) is 51.3 Å². The van der Waals surface area contributed by atoms with Crippen LogP contribution in [0.25, 0.3) is 11.3 Å². The van der Waals surface area contributed by atoms with Crippen LogP contribution in [0.2, 0.25) is 5.02 Å². The van der Waals surface area contributed by atoms with Crippen LogP contribution in [0.15, 0.2) is 30.6 Å². The quantitative estimate of drug-likeness (QED) is 0.768. The second-order valence-electron chi connectivity index (χ2n) is 6.10. The highest BCUT2D eigenvalue weighted by molar-refractivity contribution is 6.32. The van der Waals surface area contributed by atoms with Crippen LogP contribution in [0.3, 0.4) is 0 Å². The highest BCUT2D eigenvalue weighted by Gasteiger charge is 2.12. The van der Waals surface area contributed by atoms with E-state index in [4.69, 9.17) is 16.3 Å². The summed E-state index contributed by atoms with van der Waals surface area (Å²) in [5, 5.41) is 18.9. The molecule has 6 nitrogen and oxygen atoms in total. The molecule has 0 bridgehead atoms. The van der Waals surface area contributed by atoms with Crippen molar-refractivity contribution in [1.29, 1.82) is 0 Å². The molecule has 0 amide bonds. The molecule has 7 heteroatoms. The van der Waals surface area contributed by atoms with Crippen LogP contribution in [0.5, 0.6) is 5.75 Å². The Balaban J connectivity index is 1.63. The van der Waals surface area contributed by atoms with Gasteiger partial charge in [-0.15, -0.1) is 0 Å². The molecule has 3 rings (SSSR count). The number of halogens is 1. The first-order valence-electron chi connectivity index (χ1n) is 8.46. The van der Waals surface area contributed by atoms with E-state index in [2.05, 4.69) is 14.9 Å². The van der Waals surface area contributed by atoms with E-state index in [0.29, 0.717) is 23.1 Å². The number of piperidine rings is 1. The van der Waals surface area contributed by atoms with E-state index in [-0.39, 0.29) is 5.69 Å². The number of aromatic nitrogens is 2. The standard InChI is InChI=1S/C18H22ClN3O3/c19-14-10-13(15-11-16(18(23)24)21-12-20-15)4-5-17(14)25-9-8-22-6-2-1-3-7-22/h4-5,10-12,18,23-24H,1-3,6-9H2. The minimum atomic E-state index is -1.63. The van der Waals surface area contributed by atoms with Gasteiger partial charge in [-0.1, -0.05) is 18.0 Å². The molecule has 0 radical (unpaired) electrons. The van der Waals surface area contributed by atoms with Gasteiger partial charge in [0.05, 0.1) is 16.4 Å². The molecule has 1 aromatic carbocycles. The Bertz CT molecular complexity index is 706. The average molecular weight is 364 g/mol. The van der Waals surface area contributed by atoms with Gasteiger partial charge in [0.25, 0.3) is 0 Å². The minimum absolute atomic E-state index is 0.142. The van der Waals surface area contributed by atoms with E-state index in [1.165, 1.54) is 31.7 Å². The van der Waals surface area contributed by atoms with Crippen molar-refractivity contribution in [1.82, 2.24) is 14.9 Å². The summed E-state index contributed by atoms with van der Waals surface area (Å²) < 4.78 is 5.81. The molecule has 25 heavy (non-hydrogen) atoms. The predicted molar refractivity (Wildman–Crippen MR) is 95.4 cm³/mol. The number of benzene rings is 1. The van der Waals surface area contributed by atoms with E-state index in [1.54, 1.807) is 6.07 Å². The van der Waals surface area contributed by atoms with Crippen molar-refractivity contribution in [3.63, 3.8) is 0 Å². The molecule has 0 aliphatic carbocycles. The van der Waals surface area contributed by atoms with Crippen LogP contribution in [0.1, 0.15) is 31.2 Å². The summed E-state index contributed by atoms with van der Waals surface area (Å²) in [4.78, 5) is 10.4. The van der Waals surface area contributed by atoms with Gasteiger partial charge in [-0.2, -0.15) is 0 Å². The fourth-order valence-corrected chi connectivity index (χ4v) is 3.15. The largest absolute Gasteiger partial charge is 0.491 e. The van der Waals surface area contributed by atoms with Crippen LogP contribution < -0.4 is 4.74 Å². The van der Waals surface area contributed by atoms with Crippen LogP contribution in [0.4, 0.5) is 0 Å². The van der Waals surface area contributed by atoms with Gasteiger partial charge in [0.2, 0.25) is 0 Å². The monoisotopic (exact) mass is 363 g/mol. The molecule has 134 valence electrons. The van der Waals surface area contributed by atoms with Crippen molar-refractivity contribution >= 4 is 11.6 Å². The highest BCUT2D eigenvalue weighted by atomic mass is 35.5. The van der Waals surface area contributed by atoms with Gasteiger partial charge in [-0.3, -0.25) is 4.90 Å². The third kappa shape index (κ3) is 4.89. The molecule has 1 saturated heterocycles. The Morgan fingerprint density at radius 1 is 1.12 bits per heavy atom. The normalized spacial score (nSPS) is 15.5. The lowest BCUT2D eigenvalue weighted by Crippen LogP contribution is -2.33. The summed E-state index contributed by atoms with van der Waals surface area (Å²) in [6.07, 6.45) is 3.51. The maximum absolute atomic E-state index is 9.21. The lowest BCUT2D eigenvalue weighted by Gasteiger charge is -2.26. The number of rotatable bonds is 6. The van der Waals surface area contributed by atoms with Crippen LogP contribution in [0, 0.1) is 0 Å². The summed E-state index contributed by atoms with van der Waals surface area (Å²) in [5.41, 5.74) is 1.47. The maximum atomic E-state index is 9.21. The third-order valence-corrected chi connectivity index (χ3v) is 4.59. The zero-order valence-corrected chi connectivity index (χ0v) is 14.7. The number of aliphatic hydroxyl groups excluding tert-OH is 1. The molecule has 1 aromatic heterocycles. The van der Waals surface area contributed by atoms with Crippen molar-refractivity contribution in [3.05, 3.63) is 41.3 Å². The number of nitrogens with zero attached hydrogens (tertiary/aromatic N) is 3. The number of likely N-dealkylation sites (tertiary alicyclic amines) is 1. The van der Waals surface area contributed by atoms with Crippen LogP contribution >= 0.6 is 11.6 Å². The first-order valence-corrected chi connectivity index (χ1v) is 8.84. The Labute approximate surface area is 152 Å². The minimum Gasteiger partial charge on any atom is -0.491 e. The van der Waals surface area contributed by atoms with Crippen molar-refractivity contribution < 1.29 is 14.9 Å².